The van der Waals surface area contributed by atoms with Crippen LogP contribution in [0.15, 0.2) is 35.2 Å². The van der Waals surface area contributed by atoms with Crippen LogP contribution in [0, 0.1) is 5.92 Å². The molecule has 0 bridgehead atoms. The van der Waals surface area contributed by atoms with Crippen LogP contribution in [-0.4, -0.2) is 23.0 Å². The number of rotatable bonds is 5. The van der Waals surface area contributed by atoms with Gasteiger partial charge in [-0.25, -0.2) is 4.98 Å². The van der Waals surface area contributed by atoms with Gasteiger partial charge in [-0.1, -0.05) is 18.2 Å². The summed E-state index contributed by atoms with van der Waals surface area (Å²) >= 11 is 1.60. The highest BCUT2D eigenvalue weighted by Crippen LogP contribution is 2.33. The lowest BCUT2D eigenvalue weighted by Crippen LogP contribution is -2.35. The Morgan fingerprint density at radius 2 is 2.08 bits per heavy atom. The molecule has 6 heteroatoms. The van der Waals surface area contributed by atoms with E-state index in [4.69, 9.17) is 0 Å². The molecule has 0 unspecified atom stereocenters. The number of benzene rings is 1. The van der Waals surface area contributed by atoms with Gasteiger partial charge >= 0.3 is 6.18 Å². The van der Waals surface area contributed by atoms with Crippen LogP contribution in [0.2, 0.25) is 0 Å². The highest BCUT2D eigenvalue weighted by molar-refractivity contribution is 7.07. The third-order valence-corrected chi connectivity index (χ3v) is 5.25. The van der Waals surface area contributed by atoms with Gasteiger partial charge in [-0.15, -0.1) is 11.3 Å². The van der Waals surface area contributed by atoms with Crippen LogP contribution >= 0.6 is 11.3 Å². The summed E-state index contributed by atoms with van der Waals surface area (Å²) in [6.07, 6.45) is -0.761. The monoisotopic (exact) mass is 354 g/mol. The molecule has 0 radical (unpaired) electrons. The first kappa shape index (κ1) is 17.4. The van der Waals surface area contributed by atoms with E-state index in [0.29, 0.717) is 17.9 Å². The molecule has 130 valence electrons. The minimum absolute atomic E-state index is 0.418. The summed E-state index contributed by atoms with van der Waals surface area (Å²) < 4.78 is 39.2. The van der Waals surface area contributed by atoms with E-state index in [1.807, 2.05) is 5.51 Å². The fourth-order valence-electron chi connectivity index (χ4n) is 3.45. The van der Waals surface area contributed by atoms with Crippen LogP contribution in [-0.2, 0) is 19.1 Å². The van der Waals surface area contributed by atoms with E-state index in [9.17, 15) is 13.2 Å². The Hall–Kier alpha value is -1.40. The van der Waals surface area contributed by atoms with Crippen molar-refractivity contribution in [2.24, 2.45) is 5.92 Å². The van der Waals surface area contributed by atoms with Crippen molar-refractivity contribution >= 4 is 11.3 Å². The standard InChI is InChI=1S/C18H21F3N2S/c19-18(20,21)17-6-2-1-5-15(17)8-7-14-4-3-9-23(10-14)11-16-12-24-13-22-16/h1-2,5-6,12-14H,3-4,7-11H2/t14-/m1/s1. The maximum Gasteiger partial charge on any atom is 0.416 e. The van der Waals surface area contributed by atoms with E-state index in [0.717, 1.165) is 44.6 Å². The number of alkyl halides is 3. The first-order valence-electron chi connectivity index (χ1n) is 8.27. The summed E-state index contributed by atoms with van der Waals surface area (Å²) in [5, 5.41) is 2.06. The molecule has 1 aliphatic rings. The second-order valence-electron chi connectivity index (χ2n) is 6.42. The molecule has 1 aromatic heterocycles. The highest BCUT2D eigenvalue weighted by atomic mass is 32.1. The second-order valence-corrected chi connectivity index (χ2v) is 7.14. The molecule has 0 N–H and O–H groups in total. The van der Waals surface area contributed by atoms with Gasteiger partial charge in [-0.05, 0) is 49.8 Å². The second kappa shape index (κ2) is 7.66. The average Bonchev–Trinajstić information content (AvgIpc) is 3.06. The van der Waals surface area contributed by atoms with Gasteiger partial charge in [0.1, 0.15) is 0 Å². The summed E-state index contributed by atoms with van der Waals surface area (Å²) in [5.41, 5.74) is 2.86. The van der Waals surface area contributed by atoms with Gasteiger partial charge in [0.25, 0.3) is 0 Å². The maximum atomic E-state index is 13.1. The lowest BCUT2D eigenvalue weighted by Gasteiger charge is -2.32. The molecule has 1 fully saturated rings. The number of halogens is 3. The van der Waals surface area contributed by atoms with Gasteiger partial charge in [-0.3, -0.25) is 4.90 Å². The Balaban J connectivity index is 1.57. The van der Waals surface area contributed by atoms with Gasteiger partial charge in [0.2, 0.25) is 0 Å². The SMILES string of the molecule is FC(F)(F)c1ccccc1CC[C@H]1CCCN(Cc2cscn2)C1. The lowest BCUT2D eigenvalue weighted by molar-refractivity contribution is -0.138. The number of aryl methyl sites for hydroxylation is 1. The molecule has 0 aliphatic carbocycles. The van der Waals surface area contributed by atoms with Gasteiger partial charge < -0.3 is 0 Å². The van der Waals surface area contributed by atoms with Crippen LogP contribution in [0.4, 0.5) is 13.2 Å². The number of piperidine rings is 1. The fourth-order valence-corrected chi connectivity index (χ4v) is 4.00. The van der Waals surface area contributed by atoms with Crippen molar-refractivity contribution in [2.75, 3.05) is 13.1 Å². The number of hydrogen-bond donors (Lipinski definition) is 0. The third kappa shape index (κ3) is 4.57. The molecule has 1 aliphatic heterocycles. The molecular formula is C18H21F3N2S. The van der Waals surface area contributed by atoms with Crippen molar-refractivity contribution in [1.29, 1.82) is 0 Å². The minimum atomic E-state index is -4.26. The molecule has 0 saturated carbocycles. The van der Waals surface area contributed by atoms with Gasteiger partial charge in [0.05, 0.1) is 16.8 Å². The Kier molecular flexibility index (Phi) is 5.56. The van der Waals surface area contributed by atoms with E-state index in [-0.39, 0.29) is 0 Å². The average molecular weight is 354 g/mol. The molecule has 24 heavy (non-hydrogen) atoms. The largest absolute Gasteiger partial charge is 0.416 e. The summed E-state index contributed by atoms with van der Waals surface area (Å²) in [6.45, 7) is 2.85. The van der Waals surface area contributed by atoms with Crippen LogP contribution in [0.5, 0.6) is 0 Å². The summed E-state index contributed by atoms with van der Waals surface area (Å²) in [5.74, 6) is 0.457. The summed E-state index contributed by atoms with van der Waals surface area (Å²) in [7, 11) is 0. The molecule has 1 atom stereocenters. The highest BCUT2D eigenvalue weighted by Gasteiger charge is 2.33. The van der Waals surface area contributed by atoms with Crippen molar-refractivity contribution in [1.82, 2.24) is 9.88 Å². The topological polar surface area (TPSA) is 16.1 Å². The normalized spacial score (nSPS) is 19.5. The maximum absolute atomic E-state index is 13.1. The zero-order valence-electron chi connectivity index (χ0n) is 13.4. The van der Waals surface area contributed by atoms with Gasteiger partial charge in [-0.2, -0.15) is 13.2 Å². The van der Waals surface area contributed by atoms with Crippen molar-refractivity contribution in [3.63, 3.8) is 0 Å². The minimum Gasteiger partial charge on any atom is -0.297 e. The Morgan fingerprint density at radius 1 is 1.25 bits per heavy atom. The smallest absolute Gasteiger partial charge is 0.297 e. The molecule has 2 heterocycles. The predicted molar refractivity (Wildman–Crippen MR) is 89.9 cm³/mol. The van der Waals surface area contributed by atoms with Crippen molar-refractivity contribution in [3.8, 4) is 0 Å². The molecule has 3 rings (SSSR count). The van der Waals surface area contributed by atoms with Crippen molar-refractivity contribution in [3.05, 3.63) is 52.0 Å². The number of thiazole rings is 1. The molecule has 2 aromatic rings. The molecule has 0 spiro atoms. The quantitative estimate of drug-likeness (QED) is 0.751. The van der Waals surface area contributed by atoms with Crippen molar-refractivity contribution < 1.29 is 13.2 Å². The number of aromatic nitrogens is 1. The van der Waals surface area contributed by atoms with E-state index in [1.54, 1.807) is 23.5 Å². The molecule has 2 nitrogen and oxygen atoms in total. The van der Waals surface area contributed by atoms with E-state index in [1.165, 1.54) is 12.1 Å². The van der Waals surface area contributed by atoms with E-state index < -0.39 is 11.7 Å². The van der Waals surface area contributed by atoms with Gasteiger partial charge in [0.15, 0.2) is 0 Å². The molecule has 1 aromatic carbocycles. The van der Waals surface area contributed by atoms with Crippen LogP contribution < -0.4 is 0 Å². The Morgan fingerprint density at radius 3 is 2.83 bits per heavy atom. The molecule has 1 saturated heterocycles. The first-order valence-corrected chi connectivity index (χ1v) is 9.21. The van der Waals surface area contributed by atoms with E-state index in [2.05, 4.69) is 15.3 Å². The molecular weight excluding hydrogens is 333 g/mol. The van der Waals surface area contributed by atoms with Gasteiger partial charge in [0, 0.05) is 18.5 Å². The van der Waals surface area contributed by atoms with Crippen LogP contribution in [0.1, 0.15) is 36.1 Å². The van der Waals surface area contributed by atoms with Crippen LogP contribution in [0.3, 0.4) is 0 Å². The summed E-state index contributed by atoms with van der Waals surface area (Å²) in [6, 6.07) is 5.95. The van der Waals surface area contributed by atoms with Crippen molar-refractivity contribution in [2.45, 2.75) is 38.4 Å². The number of nitrogens with zero attached hydrogens (tertiary/aromatic N) is 2. The first-order chi connectivity index (χ1) is 11.5. The Labute approximate surface area is 144 Å². The molecule has 0 amide bonds. The summed E-state index contributed by atoms with van der Waals surface area (Å²) in [4.78, 5) is 6.69. The predicted octanol–water partition coefficient (Wildman–Crippen LogP) is 5.01. The Bertz CT molecular complexity index is 640. The van der Waals surface area contributed by atoms with E-state index >= 15 is 0 Å². The zero-order chi connectivity index (χ0) is 17.0. The zero-order valence-corrected chi connectivity index (χ0v) is 14.2. The number of hydrogen-bond acceptors (Lipinski definition) is 3. The number of likely N-dealkylation sites (tertiary alicyclic amines) is 1. The third-order valence-electron chi connectivity index (χ3n) is 4.62. The van der Waals surface area contributed by atoms with Crippen LogP contribution in [0.25, 0.3) is 0 Å². The fraction of sp³-hybridized carbons (Fsp3) is 0.500. The lowest BCUT2D eigenvalue weighted by atomic mass is 9.90.